The SMILES string of the molecule is Cc1c(NC(=O)C(C)Sc2nnc(NC(=O)C3CCC3)s2)c(=O)n(-c2ccccc2)n1C. The fourth-order valence-electron chi connectivity index (χ4n) is 3.33. The molecule has 1 aliphatic carbocycles. The summed E-state index contributed by atoms with van der Waals surface area (Å²) in [5, 5.41) is 13.5. The number of nitrogens with one attached hydrogen (secondary N) is 2. The van der Waals surface area contributed by atoms with Crippen LogP contribution in [0.15, 0.2) is 39.5 Å². The summed E-state index contributed by atoms with van der Waals surface area (Å²) in [4.78, 5) is 37.8. The first-order valence-electron chi connectivity index (χ1n) is 10.3. The summed E-state index contributed by atoms with van der Waals surface area (Å²) < 4.78 is 3.81. The van der Waals surface area contributed by atoms with Crippen molar-refractivity contribution in [3.05, 3.63) is 46.4 Å². The molecule has 11 heteroatoms. The number of nitrogens with zero attached hydrogens (tertiary/aromatic N) is 4. The molecular formula is C21H24N6O3S2. The smallest absolute Gasteiger partial charge is 0.295 e. The van der Waals surface area contributed by atoms with Gasteiger partial charge < -0.3 is 10.6 Å². The van der Waals surface area contributed by atoms with Gasteiger partial charge in [0.1, 0.15) is 5.69 Å². The highest BCUT2D eigenvalue weighted by atomic mass is 32.2. The molecule has 2 heterocycles. The first kappa shape index (κ1) is 22.3. The third kappa shape index (κ3) is 4.49. The topological polar surface area (TPSA) is 111 Å². The van der Waals surface area contributed by atoms with Crippen LogP contribution in [0.5, 0.6) is 0 Å². The molecule has 2 amide bonds. The van der Waals surface area contributed by atoms with Gasteiger partial charge in [0.05, 0.1) is 16.6 Å². The molecule has 2 N–H and O–H groups in total. The largest absolute Gasteiger partial charge is 0.319 e. The summed E-state index contributed by atoms with van der Waals surface area (Å²) in [6.45, 7) is 3.53. The van der Waals surface area contributed by atoms with Crippen molar-refractivity contribution in [2.24, 2.45) is 13.0 Å². The van der Waals surface area contributed by atoms with E-state index in [1.54, 1.807) is 25.6 Å². The molecule has 0 saturated heterocycles. The number of amides is 2. The van der Waals surface area contributed by atoms with E-state index in [-0.39, 0.29) is 29.0 Å². The van der Waals surface area contributed by atoms with Crippen molar-refractivity contribution >= 4 is 45.7 Å². The lowest BCUT2D eigenvalue weighted by Gasteiger charge is -2.23. The summed E-state index contributed by atoms with van der Waals surface area (Å²) >= 11 is 2.47. The summed E-state index contributed by atoms with van der Waals surface area (Å²) in [5.41, 5.74) is 1.33. The van der Waals surface area contributed by atoms with Gasteiger partial charge in [-0.2, -0.15) is 0 Å². The first-order valence-corrected chi connectivity index (χ1v) is 12.0. The van der Waals surface area contributed by atoms with Crippen LogP contribution < -0.4 is 16.2 Å². The molecule has 1 saturated carbocycles. The van der Waals surface area contributed by atoms with Crippen LogP contribution in [0, 0.1) is 12.8 Å². The van der Waals surface area contributed by atoms with Crippen molar-refractivity contribution < 1.29 is 9.59 Å². The average molecular weight is 473 g/mol. The molecule has 1 aromatic carbocycles. The second-order valence-electron chi connectivity index (χ2n) is 7.68. The van der Waals surface area contributed by atoms with Crippen molar-refractivity contribution in [3.63, 3.8) is 0 Å². The Morgan fingerprint density at radius 2 is 1.91 bits per heavy atom. The lowest BCUT2D eigenvalue weighted by molar-refractivity contribution is -0.122. The zero-order chi connectivity index (χ0) is 22.8. The molecule has 9 nitrogen and oxygen atoms in total. The highest BCUT2D eigenvalue weighted by molar-refractivity contribution is 8.02. The van der Waals surface area contributed by atoms with E-state index in [1.807, 2.05) is 30.3 Å². The number of carbonyl (C=O) groups excluding carboxylic acids is 2. The molecule has 1 atom stereocenters. The molecule has 168 valence electrons. The number of hydrogen-bond acceptors (Lipinski definition) is 7. The molecule has 0 bridgehead atoms. The number of anilines is 2. The molecule has 1 unspecified atom stereocenters. The summed E-state index contributed by atoms with van der Waals surface area (Å²) in [7, 11) is 1.78. The van der Waals surface area contributed by atoms with Crippen molar-refractivity contribution in [1.29, 1.82) is 0 Å². The summed E-state index contributed by atoms with van der Waals surface area (Å²) in [6.07, 6.45) is 2.90. The van der Waals surface area contributed by atoms with Crippen molar-refractivity contribution in [2.75, 3.05) is 10.6 Å². The molecule has 1 aliphatic rings. The predicted octanol–water partition coefficient (Wildman–Crippen LogP) is 3.19. The van der Waals surface area contributed by atoms with Gasteiger partial charge >= 0.3 is 0 Å². The average Bonchev–Trinajstić information content (AvgIpc) is 3.24. The monoisotopic (exact) mass is 472 g/mol. The Kier molecular flexibility index (Phi) is 6.47. The van der Waals surface area contributed by atoms with Gasteiger partial charge in [-0.15, -0.1) is 10.2 Å². The molecule has 0 radical (unpaired) electrons. The van der Waals surface area contributed by atoms with Crippen LogP contribution in [-0.4, -0.2) is 36.6 Å². The fourth-order valence-corrected chi connectivity index (χ4v) is 5.23. The number of carbonyl (C=O) groups is 2. The van der Waals surface area contributed by atoms with E-state index in [0.29, 0.717) is 15.2 Å². The normalized spacial score (nSPS) is 14.6. The molecule has 32 heavy (non-hydrogen) atoms. The fraction of sp³-hybridized carbons (Fsp3) is 0.381. The maximum atomic E-state index is 13.0. The van der Waals surface area contributed by atoms with Gasteiger partial charge in [-0.3, -0.25) is 19.1 Å². The van der Waals surface area contributed by atoms with Crippen LogP contribution in [0.2, 0.25) is 0 Å². The van der Waals surface area contributed by atoms with E-state index >= 15 is 0 Å². The maximum Gasteiger partial charge on any atom is 0.295 e. The molecule has 1 fully saturated rings. The van der Waals surface area contributed by atoms with E-state index < -0.39 is 5.25 Å². The van der Waals surface area contributed by atoms with Crippen LogP contribution in [0.1, 0.15) is 31.9 Å². The minimum atomic E-state index is -0.512. The molecule has 0 aliphatic heterocycles. The summed E-state index contributed by atoms with van der Waals surface area (Å²) in [6, 6.07) is 9.26. The molecule has 0 spiro atoms. The second-order valence-corrected chi connectivity index (χ2v) is 10.2. The minimum absolute atomic E-state index is 0.0241. The van der Waals surface area contributed by atoms with Crippen molar-refractivity contribution in [2.45, 2.75) is 42.7 Å². The van der Waals surface area contributed by atoms with Gasteiger partial charge in [0.2, 0.25) is 16.9 Å². The van der Waals surface area contributed by atoms with Crippen LogP contribution in [0.25, 0.3) is 5.69 Å². The van der Waals surface area contributed by atoms with Crippen LogP contribution >= 0.6 is 23.1 Å². The zero-order valence-corrected chi connectivity index (χ0v) is 19.6. The third-order valence-electron chi connectivity index (χ3n) is 5.56. The number of thioether (sulfide) groups is 1. The Morgan fingerprint density at radius 1 is 1.19 bits per heavy atom. The van der Waals surface area contributed by atoms with Crippen molar-refractivity contribution in [3.8, 4) is 5.69 Å². The summed E-state index contributed by atoms with van der Waals surface area (Å²) in [5.74, 6) is -0.269. The number of benzene rings is 1. The Bertz CT molecular complexity index is 1200. The Morgan fingerprint density at radius 3 is 2.56 bits per heavy atom. The van der Waals surface area contributed by atoms with E-state index in [4.69, 9.17) is 0 Å². The Hall–Kier alpha value is -2.92. The maximum absolute atomic E-state index is 13.0. The van der Waals surface area contributed by atoms with E-state index in [0.717, 1.165) is 24.9 Å². The van der Waals surface area contributed by atoms with E-state index in [1.165, 1.54) is 27.8 Å². The quantitative estimate of drug-likeness (QED) is 0.404. The Labute approximate surface area is 193 Å². The number of aromatic nitrogens is 4. The van der Waals surface area contributed by atoms with Gasteiger partial charge in [0.15, 0.2) is 4.34 Å². The molecule has 3 aromatic rings. The predicted molar refractivity (Wildman–Crippen MR) is 126 cm³/mol. The van der Waals surface area contributed by atoms with Gasteiger partial charge in [0, 0.05) is 13.0 Å². The highest BCUT2D eigenvalue weighted by Gasteiger charge is 2.26. The number of hydrogen-bond donors (Lipinski definition) is 2. The molecular weight excluding hydrogens is 448 g/mol. The van der Waals surface area contributed by atoms with Gasteiger partial charge in [-0.1, -0.05) is 47.7 Å². The highest BCUT2D eigenvalue weighted by Crippen LogP contribution is 2.31. The lowest BCUT2D eigenvalue weighted by Crippen LogP contribution is -2.27. The van der Waals surface area contributed by atoms with Gasteiger partial charge in [0.25, 0.3) is 5.56 Å². The number of para-hydroxylation sites is 1. The second kappa shape index (κ2) is 9.29. The van der Waals surface area contributed by atoms with Crippen LogP contribution in [0.4, 0.5) is 10.8 Å². The molecule has 2 aromatic heterocycles. The standard InChI is InChI=1S/C21H24N6O3S2/c1-12-16(19(30)27(26(12)3)15-10-5-4-6-11-15)22-17(28)13(2)31-21-25-24-20(32-21)23-18(29)14-8-7-9-14/h4-6,10-11,13-14H,7-9H2,1-3H3,(H,22,28)(H,23,24,29). The Balaban J connectivity index is 1.42. The van der Waals surface area contributed by atoms with Gasteiger partial charge in [-0.05, 0) is 38.8 Å². The van der Waals surface area contributed by atoms with Gasteiger partial charge in [-0.25, -0.2) is 4.68 Å². The van der Waals surface area contributed by atoms with Crippen molar-refractivity contribution in [1.82, 2.24) is 19.6 Å². The van der Waals surface area contributed by atoms with Crippen LogP contribution in [0.3, 0.4) is 0 Å². The van der Waals surface area contributed by atoms with Crippen LogP contribution in [-0.2, 0) is 16.6 Å². The first-order chi connectivity index (χ1) is 15.3. The lowest BCUT2D eigenvalue weighted by atomic mass is 9.85. The van der Waals surface area contributed by atoms with E-state index in [9.17, 15) is 14.4 Å². The minimum Gasteiger partial charge on any atom is -0.319 e. The van der Waals surface area contributed by atoms with E-state index in [2.05, 4.69) is 20.8 Å². The number of rotatable bonds is 7. The molecule has 4 rings (SSSR count). The zero-order valence-electron chi connectivity index (χ0n) is 18.0. The third-order valence-corrected chi connectivity index (χ3v) is 7.58.